The molecule has 0 saturated carbocycles. The molecule has 0 aliphatic rings. The van der Waals surface area contributed by atoms with Crippen LogP contribution in [-0.4, -0.2) is 6.61 Å². The average Bonchev–Trinajstić information content (AvgIpc) is 2.52. The van der Waals surface area contributed by atoms with E-state index in [4.69, 9.17) is 21.6 Å². The van der Waals surface area contributed by atoms with Gasteiger partial charge >= 0.3 is 0 Å². The van der Waals surface area contributed by atoms with E-state index in [0.717, 1.165) is 29.4 Å². The molecule has 1 N–H and O–H groups in total. The van der Waals surface area contributed by atoms with Gasteiger partial charge in [-0.25, -0.2) is 0 Å². The highest BCUT2D eigenvalue weighted by atomic mass is 35.5. The largest absolute Gasteiger partial charge is 0.493 e. The Morgan fingerprint density at radius 2 is 1.95 bits per heavy atom. The minimum atomic E-state index is 0.522. The van der Waals surface area contributed by atoms with Gasteiger partial charge in [0.15, 0.2) is 0 Å². The molecule has 0 saturated heterocycles. The Labute approximate surface area is 130 Å². The molecule has 2 aromatic rings. The van der Waals surface area contributed by atoms with E-state index < -0.39 is 0 Å². The second-order valence-electron chi connectivity index (χ2n) is 4.62. The smallest absolute Gasteiger partial charge is 0.121 e. The van der Waals surface area contributed by atoms with Crippen LogP contribution in [0, 0.1) is 11.3 Å². The molecule has 2 rings (SSSR count). The number of ether oxygens (including phenoxy) is 1. The summed E-state index contributed by atoms with van der Waals surface area (Å²) < 4.78 is 5.61. The standard InChI is InChI=1S/C17H17ClN2O/c18-15-8-6-14(7-9-15)13-20-16-4-3-5-17(12-16)21-11-2-1-10-19/h3-9,12,20H,1-2,11,13H2. The van der Waals surface area contributed by atoms with Crippen LogP contribution < -0.4 is 10.1 Å². The molecular formula is C17H17ClN2O. The van der Waals surface area contributed by atoms with Crippen LogP contribution in [0.4, 0.5) is 5.69 Å². The number of nitriles is 1. The predicted molar refractivity (Wildman–Crippen MR) is 85.6 cm³/mol. The van der Waals surface area contributed by atoms with Gasteiger partial charge in [-0.15, -0.1) is 0 Å². The number of nitrogens with zero attached hydrogens (tertiary/aromatic N) is 1. The molecule has 0 aliphatic carbocycles. The van der Waals surface area contributed by atoms with Crippen LogP contribution in [0.5, 0.6) is 5.75 Å². The van der Waals surface area contributed by atoms with Gasteiger partial charge in [-0.05, 0) is 36.2 Å². The quantitative estimate of drug-likeness (QED) is 0.758. The van der Waals surface area contributed by atoms with Crippen LogP contribution in [0.1, 0.15) is 18.4 Å². The molecule has 0 heterocycles. The van der Waals surface area contributed by atoms with Crippen LogP contribution >= 0.6 is 11.6 Å². The van der Waals surface area contributed by atoms with Gasteiger partial charge in [-0.1, -0.05) is 29.8 Å². The number of nitrogens with one attached hydrogen (secondary N) is 1. The lowest BCUT2D eigenvalue weighted by Gasteiger charge is -2.09. The van der Waals surface area contributed by atoms with Gasteiger partial charge in [-0.2, -0.15) is 5.26 Å². The van der Waals surface area contributed by atoms with Crippen LogP contribution in [-0.2, 0) is 6.54 Å². The number of hydrogen-bond donors (Lipinski definition) is 1. The van der Waals surface area contributed by atoms with Gasteiger partial charge in [0.05, 0.1) is 12.7 Å². The molecule has 108 valence electrons. The number of rotatable bonds is 7. The van der Waals surface area contributed by atoms with Crippen molar-refractivity contribution >= 4 is 17.3 Å². The summed E-state index contributed by atoms with van der Waals surface area (Å²) in [6, 6.07) is 17.7. The molecule has 3 nitrogen and oxygen atoms in total. The first-order valence-corrected chi connectivity index (χ1v) is 7.24. The molecule has 0 bridgehead atoms. The summed E-state index contributed by atoms with van der Waals surface area (Å²) in [5.41, 5.74) is 2.17. The third-order valence-electron chi connectivity index (χ3n) is 2.95. The Morgan fingerprint density at radius 3 is 2.71 bits per heavy atom. The zero-order valence-electron chi connectivity index (χ0n) is 11.7. The minimum Gasteiger partial charge on any atom is -0.493 e. The molecule has 0 unspecified atom stereocenters. The highest BCUT2D eigenvalue weighted by Crippen LogP contribution is 2.19. The Balaban J connectivity index is 1.86. The molecule has 0 radical (unpaired) electrons. The Morgan fingerprint density at radius 1 is 1.14 bits per heavy atom. The maximum atomic E-state index is 8.48. The number of halogens is 1. The van der Waals surface area contributed by atoms with Crippen LogP contribution in [0.25, 0.3) is 0 Å². The first kappa shape index (κ1) is 15.2. The summed E-state index contributed by atoms with van der Waals surface area (Å²) in [5, 5.41) is 12.6. The van der Waals surface area contributed by atoms with E-state index in [1.807, 2.05) is 48.5 Å². The summed E-state index contributed by atoms with van der Waals surface area (Å²) in [4.78, 5) is 0. The molecule has 0 aliphatic heterocycles. The highest BCUT2D eigenvalue weighted by Gasteiger charge is 1.98. The highest BCUT2D eigenvalue weighted by molar-refractivity contribution is 6.30. The van der Waals surface area contributed by atoms with Crippen LogP contribution in [0.2, 0.25) is 5.02 Å². The Hall–Kier alpha value is -2.18. The lowest BCUT2D eigenvalue weighted by Crippen LogP contribution is -2.00. The molecule has 2 aromatic carbocycles. The monoisotopic (exact) mass is 300 g/mol. The van der Waals surface area contributed by atoms with E-state index in [9.17, 15) is 0 Å². The summed E-state index contributed by atoms with van der Waals surface area (Å²) >= 11 is 5.86. The topological polar surface area (TPSA) is 45.0 Å². The molecule has 0 fully saturated rings. The summed E-state index contributed by atoms with van der Waals surface area (Å²) in [6.07, 6.45) is 1.27. The fourth-order valence-electron chi connectivity index (χ4n) is 1.84. The minimum absolute atomic E-state index is 0.522. The van der Waals surface area contributed by atoms with Crippen molar-refractivity contribution in [3.63, 3.8) is 0 Å². The van der Waals surface area contributed by atoms with Gasteiger partial charge in [0.25, 0.3) is 0 Å². The van der Waals surface area contributed by atoms with Crippen LogP contribution in [0.3, 0.4) is 0 Å². The molecule has 4 heteroatoms. The lowest BCUT2D eigenvalue weighted by molar-refractivity contribution is 0.313. The average molecular weight is 301 g/mol. The van der Waals surface area contributed by atoms with Crippen molar-refractivity contribution < 1.29 is 4.74 Å². The fourth-order valence-corrected chi connectivity index (χ4v) is 1.97. The van der Waals surface area contributed by atoms with Gasteiger partial charge in [-0.3, -0.25) is 0 Å². The third kappa shape index (κ3) is 5.37. The van der Waals surface area contributed by atoms with Crippen molar-refractivity contribution in [1.29, 1.82) is 5.26 Å². The van der Waals surface area contributed by atoms with Gasteiger partial charge in [0.2, 0.25) is 0 Å². The van der Waals surface area contributed by atoms with E-state index in [0.29, 0.717) is 13.0 Å². The second kappa shape index (κ2) is 8.18. The van der Waals surface area contributed by atoms with Crippen molar-refractivity contribution in [3.05, 3.63) is 59.1 Å². The maximum absolute atomic E-state index is 8.48. The zero-order chi connectivity index (χ0) is 14.9. The normalized spacial score (nSPS) is 9.90. The number of anilines is 1. The maximum Gasteiger partial charge on any atom is 0.121 e. The predicted octanol–water partition coefficient (Wildman–Crippen LogP) is 4.63. The fraction of sp³-hybridized carbons (Fsp3) is 0.235. The van der Waals surface area contributed by atoms with Crippen LogP contribution in [0.15, 0.2) is 48.5 Å². The first-order valence-electron chi connectivity index (χ1n) is 6.86. The third-order valence-corrected chi connectivity index (χ3v) is 3.20. The SMILES string of the molecule is N#CCCCOc1cccc(NCc2ccc(Cl)cc2)c1. The van der Waals surface area contributed by atoms with Crippen molar-refractivity contribution in [2.75, 3.05) is 11.9 Å². The van der Waals surface area contributed by atoms with Crippen molar-refractivity contribution in [2.24, 2.45) is 0 Å². The summed E-state index contributed by atoms with van der Waals surface area (Å²) in [7, 11) is 0. The molecule has 21 heavy (non-hydrogen) atoms. The van der Waals surface area contributed by atoms with E-state index in [1.165, 1.54) is 5.56 Å². The molecule has 0 atom stereocenters. The zero-order valence-corrected chi connectivity index (χ0v) is 12.4. The van der Waals surface area contributed by atoms with E-state index >= 15 is 0 Å². The molecular weight excluding hydrogens is 284 g/mol. The summed E-state index contributed by atoms with van der Waals surface area (Å²) in [6.45, 7) is 1.29. The number of benzene rings is 2. The van der Waals surface area contributed by atoms with Gasteiger partial charge in [0, 0.05) is 29.7 Å². The van der Waals surface area contributed by atoms with Crippen molar-refractivity contribution in [2.45, 2.75) is 19.4 Å². The van der Waals surface area contributed by atoms with Crippen molar-refractivity contribution in [1.82, 2.24) is 0 Å². The Kier molecular flexibility index (Phi) is 5.93. The molecule has 0 aromatic heterocycles. The number of unbranched alkanes of at least 4 members (excludes halogenated alkanes) is 1. The number of hydrogen-bond acceptors (Lipinski definition) is 3. The van der Waals surface area contributed by atoms with Crippen molar-refractivity contribution in [3.8, 4) is 11.8 Å². The first-order chi connectivity index (χ1) is 10.3. The van der Waals surface area contributed by atoms with E-state index in [1.54, 1.807) is 0 Å². The molecule has 0 spiro atoms. The lowest BCUT2D eigenvalue weighted by atomic mass is 10.2. The van der Waals surface area contributed by atoms with Gasteiger partial charge < -0.3 is 10.1 Å². The van der Waals surface area contributed by atoms with E-state index in [-0.39, 0.29) is 0 Å². The molecule has 0 amide bonds. The second-order valence-corrected chi connectivity index (χ2v) is 5.05. The Bertz CT molecular complexity index is 605. The van der Waals surface area contributed by atoms with E-state index in [2.05, 4.69) is 11.4 Å². The summed E-state index contributed by atoms with van der Waals surface area (Å²) in [5.74, 6) is 0.814. The van der Waals surface area contributed by atoms with Gasteiger partial charge in [0.1, 0.15) is 5.75 Å².